The second-order valence-electron chi connectivity index (χ2n) is 3.87. The third-order valence-corrected chi connectivity index (χ3v) is 2.53. The van der Waals surface area contributed by atoms with Crippen LogP contribution in [0.5, 0.6) is 5.75 Å². The monoisotopic (exact) mass is 287 g/mol. The van der Waals surface area contributed by atoms with Crippen molar-refractivity contribution in [2.45, 2.75) is 13.0 Å². The van der Waals surface area contributed by atoms with Crippen molar-refractivity contribution in [1.29, 1.82) is 0 Å². The number of hydrogen-bond donors (Lipinski definition) is 1. The summed E-state index contributed by atoms with van der Waals surface area (Å²) < 4.78 is 53.9. The average Bonchev–Trinajstić information content (AvgIpc) is 2.38. The van der Waals surface area contributed by atoms with Gasteiger partial charge in [0, 0.05) is 17.3 Å². The number of pyridine rings is 1. The molecule has 7 heteroatoms. The maximum Gasteiger partial charge on any atom is 0.573 e. The van der Waals surface area contributed by atoms with Crippen molar-refractivity contribution in [1.82, 2.24) is 4.98 Å². The molecule has 0 radical (unpaired) electrons. The highest BCUT2D eigenvalue weighted by Gasteiger charge is 2.32. The lowest BCUT2D eigenvalue weighted by molar-refractivity contribution is -0.274. The largest absolute Gasteiger partial charge is 0.573 e. The molecule has 0 spiro atoms. The topological polar surface area (TPSA) is 42.4 Å². The lowest BCUT2D eigenvalue weighted by Gasteiger charge is -2.14. The van der Waals surface area contributed by atoms with E-state index >= 15 is 0 Å². The average molecular weight is 287 g/mol. The van der Waals surface area contributed by atoms with Gasteiger partial charge >= 0.3 is 6.36 Å². The Balaban J connectivity index is 2.53. The van der Waals surface area contributed by atoms with Gasteiger partial charge in [0.2, 0.25) is 5.95 Å². The van der Waals surface area contributed by atoms with Gasteiger partial charge in [-0.25, -0.2) is 4.98 Å². The molecule has 0 amide bonds. The van der Waals surface area contributed by atoms with E-state index in [0.29, 0.717) is 0 Å². The molecular formula is C13H9F4NO2. The SMILES string of the molecule is OCc1cc(F)ncc1-c1ccccc1OC(F)(F)F. The summed E-state index contributed by atoms with van der Waals surface area (Å²) in [5, 5.41) is 9.17. The molecular weight excluding hydrogens is 278 g/mol. The zero-order valence-corrected chi connectivity index (χ0v) is 9.99. The maximum atomic E-state index is 13.0. The smallest absolute Gasteiger partial charge is 0.405 e. The summed E-state index contributed by atoms with van der Waals surface area (Å²) in [6, 6.07) is 6.34. The van der Waals surface area contributed by atoms with Crippen LogP contribution in [0.1, 0.15) is 5.56 Å². The van der Waals surface area contributed by atoms with Crippen molar-refractivity contribution in [3.8, 4) is 16.9 Å². The van der Waals surface area contributed by atoms with Gasteiger partial charge in [0.15, 0.2) is 0 Å². The Morgan fingerprint density at radius 3 is 2.50 bits per heavy atom. The van der Waals surface area contributed by atoms with Gasteiger partial charge in [0.1, 0.15) is 5.75 Å². The Bertz CT molecular complexity index is 614. The van der Waals surface area contributed by atoms with Gasteiger partial charge in [-0.05, 0) is 17.7 Å². The molecule has 0 aliphatic carbocycles. The first kappa shape index (κ1) is 14.3. The van der Waals surface area contributed by atoms with Gasteiger partial charge < -0.3 is 9.84 Å². The molecule has 0 aliphatic rings. The summed E-state index contributed by atoms with van der Waals surface area (Å²) in [6.45, 7) is -0.533. The van der Waals surface area contributed by atoms with Gasteiger partial charge in [-0.3, -0.25) is 0 Å². The maximum absolute atomic E-state index is 13.0. The third-order valence-electron chi connectivity index (χ3n) is 2.53. The molecule has 0 saturated carbocycles. The zero-order valence-electron chi connectivity index (χ0n) is 9.99. The summed E-state index contributed by atoms with van der Waals surface area (Å²) in [4.78, 5) is 3.39. The molecule has 1 heterocycles. The van der Waals surface area contributed by atoms with Crippen molar-refractivity contribution in [3.63, 3.8) is 0 Å². The van der Waals surface area contributed by atoms with Crippen LogP contribution in [-0.2, 0) is 6.61 Å². The zero-order chi connectivity index (χ0) is 14.8. The summed E-state index contributed by atoms with van der Waals surface area (Å²) in [5.41, 5.74) is 0.367. The van der Waals surface area contributed by atoms with E-state index in [2.05, 4.69) is 9.72 Å². The molecule has 106 valence electrons. The van der Waals surface area contributed by atoms with Crippen molar-refractivity contribution < 1.29 is 27.4 Å². The fourth-order valence-electron chi connectivity index (χ4n) is 1.74. The lowest BCUT2D eigenvalue weighted by Crippen LogP contribution is -2.17. The fraction of sp³-hybridized carbons (Fsp3) is 0.154. The predicted molar refractivity (Wildman–Crippen MR) is 62.2 cm³/mol. The van der Waals surface area contributed by atoms with Crippen LogP contribution in [0.25, 0.3) is 11.1 Å². The first-order chi connectivity index (χ1) is 9.40. The first-order valence-corrected chi connectivity index (χ1v) is 5.51. The van der Waals surface area contributed by atoms with Gasteiger partial charge in [-0.15, -0.1) is 13.2 Å². The van der Waals surface area contributed by atoms with Crippen LogP contribution in [0.3, 0.4) is 0 Å². The van der Waals surface area contributed by atoms with E-state index in [1.54, 1.807) is 0 Å². The Hall–Kier alpha value is -2.15. The number of rotatable bonds is 3. The summed E-state index contributed by atoms with van der Waals surface area (Å²) in [7, 11) is 0. The lowest BCUT2D eigenvalue weighted by atomic mass is 10.0. The summed E-state index contributed by atoms with van der Waals surface area (Å²) in [5.74, 6) is -1.27. The minimum atomic E-state index is -4.84. The normalized spacial score (nSPS) is 11.4. The molecule has 0 saturated heterocycles. The highest BCUT2D eigenvalue weighted by molar-refractivity contribution is 5.72. The highest BCUT2D eigenvalue weighted by atomic mass is 19.4. The molecule has 1 N–H and O–H groups in total. The van der Waals surface area contributed by atoms with Gasteiger partial charge in [-0.1, -0.05) is 18.2 Å². The fourth-order valence-corrected chi connectivity index (χ4v) is 1.74. The number of alkyl halides is 3. The number of aromatic nitrogens is 1. The molecule has 0 aliphatic heterocycles. The van der Waals surface area contributed by atoms with Crippen LogP contribution in [0.15, 0.2) is 36.5 Å². The minimum absolute atomic E-state index is 0.0707. The number of benzene rings is 1. The van der Waals surface area contributed by atoms with E-state index in [9.17, 15) is 22.7 Å². The standard InChI is InChI=1S/C13H9F4NO2/c14-12-5-8(7-19)10(6-18-12)9-3-1-2-4-11(9)20-13(15,16)17/h1-6,19H,7H2. The number of hydrogen-bond acceptors (Lipinski definition) is 3. The number of aliphatic hydroxyl groups excluding tert-OH is 1. The molecule has 1 aromatic heterocycles. The number of halogens is 4. The first-order valence-electron chi connectivity index (χ1n) is 5.51. The number of nitrogens with zero attached hydrogens (tertiary/aromatic N) is 1. The molecule has 0 atom stereocenters. The number of aliphatic hydroxyl groups is 1. The van der Waals surface area contributed by atoms with Crippen LogP contribution in [0, 0.1) is 5.95 Å². The van der Waals surface area contributed by atoms with Crippen molar-refractivity contribution >= 4 is 0 Å². The van der Waals surface area contributed by atoms with Gasteiger partial charge in [0.25, 0.3) is 0 Å². The number of para-hydroxylation sites is 1. The quantitative estimate of drug-likeness (QED) is 0.696. The van der Waals surface area contributed by atoms with E-state index in [4.69, 9.17) is 0 Å². The Kier molecular flexibility index (Phi) is 3.89. The molecule has 0 bridgehead atoms. The third kappa shape index (κ3) is 3.24. The minimum Gasteiger partial charge on any atom is -0.405 e. The Morgan fingerprint density at radius 2 is 1.85 bits per heavy atom. The van der Waals surface area contributed by atoms with Crippen molar-refractivity contribution in [2.24, 2.45) is 0 Å². The summed E-state index contributed by atoms with van der Waals surface area (Å²) in [6.07, 6.45) is -3.79. The molecule has 0 fully saturated rings. The van der Waals surface area contributed by atoms with Gasteiger partial charge in [0.05, 0.1) is 6.61 Å². The molecule has 3 nitrogen and oxygen atoms in total. The number of ether oxygens (including phenoxy) is 1. The van der Waals surface area contributed by atoms with Crippen LogP contribution in [0.4, 0.5) is 17.6 Å². The van der Waals surface area contributed by atoms with Crippen LogP contribution in [0.2, 0.25) is 0 Å². The second kappa shape index (κ2) is 5.46. The Labute approximate surface area is 111 Å². The Morgan fingerprint density at radius 1 is 1.15 bits per heavy atom. The second-order valence-corrected chi connectivity index (χ2v) is 3.87. The van der Waals surface area contributed by atoms with Crippen molar-refractivity contribution in [3.05, 3.63) is 48.0 Å². The van der Waals surface area contributed by atoms with E-state index in [-0.39, 0.29) is 16.7 Å². The van der Waals surface area contributed by atoms with Crippen LogP contribution < -0.4 is 4.74 Å². The van der Waals surface area contributed by atoms with Gasteiger partial charge in [-0.2, -0.15) is 4.39 Å². The van der Waals surface area contributed by atoms with E-state index < -0.39 is 24.7 Å². The van der Waals surface area contributed by atoms with E-state index in [1.165, 1.54) is 18.2 Å². The van der Waals surface area contributed by atoms with E-state index in [0.717, 1.165) is 18.3 Å². The van der Waals surface area contributed by atoms with Crippen molar-refractivity contribution in [2.75, 3.05) is 0 Å². The van der Waals surface area contributed by atoms with E-state index in [1.807, 2.05) is 0 Å². The molecule has 20 heavy (non-hydrogen) atoms. The molecule has 1 aromatic carbocycles. The molecule has 0 unspecified atom stereocenters. The highest BCUT2D eigenvalue weighted by Crippen LogP contribution is 2.35. The van der Waals surface area contributed by atoms with Crippen LogP contribution >= 0.6 is 0 Å². The van der Waals surface area contributed by atoms with Crippen LogP contribution in [-0.4, -0.2) is 16.5 Å². The predicted octanol–water partition coefficient (Wildman–Crippen LogP) is 3.28. The summed E-state index contributed by atoms with van der Waals surface area (Å²) >= 11 is 0. The molecule has 2 rings (SSSR count). The molecule has 2 aromatic rings.